The number of hydrogen-bond acceptors (Lipinski definition) is 13. The van der Waals surface area contributed by atoms with Crippen LogP contribution in [0.2, 0.25) is 0 Å². The van der Waals surface area contributed by atoms with Crippen LogP contribution in [0.25, 0.3) is 21.8 Å². The van der Waals surface area contributed by atoms with Crippen molar-refractivity contribution in [2.45, 2.75) is 108 Å². The van der Waals surface area contributed by atoms with E-state index in [4.69, 9.17) is 15.1 Å². The third-order valence-electron chi connectivity index (χ3n) is 10.9. The molecule has 0 bridgehead atoms. The van der Waals surface area contributed by atoms with Crippen molar-refractivity contribution in [2.75, 3.05) is 6.54 Å². The zero-order valence-electron chi connectivity index (χ0n) is 39.9. The summed E-state index contributed by atoms with van der Waals surface area (Å²) in [5.74, 6) is -4.26. The van der Waals surface area contributed by atoms with Gasteiger partial charge in [-0.25, -0.2) is 38.4 Å². The van der Waals surface area contributed by atoms with E-state index in [2.05, 4.69) is 69.3 Å². The van der Waals surface area contributed by atoms with Gasteiger partial charge in [0.15, 0.2) is 11.6 Å². The molecular weight excluding hydrogens is 1420 g/mol. The second kappa shape index (κ2) is 33.3. The van der Waals surface area contributed by atoms with E-state index in [1.54, 1.807) is 11.3 Å². The third-order valence-corrected chi connectivity index (χ3v) is 10.9. The molecule has 75 heavy (non-hydrogen) atoms. The zero-order chi connectivity index (χ0) is 55.5. The number of amides is 4. The van der Waals surface area contributed by atoms with Gasteiger partial charge in [0.25, 0.3) is 0 Å². The molecule has 4 aromatic rings. The molecule has 2 heterocycles. The van der Waals surface area contributed by atoms with E-state index < -0.39 is 78.5 Å². The number of pyridine rings is 2. The van der Waals surface area contributed by atoms with Gasteiger partial charge in [-0.15, -0.1) is 0 Å². The molecule has 2 aromatic carbocycles. The normalized spacial score (nSPS) is 12.2. The number of carbonyl (C=O) groups excluding carboxylic acids is 6. The number of nitrogens with zero attached hydrogens (tertiary/aromatic N) is 3. The molecule has 26 heteroatoms. The number of urea groups is 1. The van der Waals surface area contributed by atoms with Crippen LogP contribution in [0.4, 0.5) is 4.79 Å². The first kappa shape index (κ1) is 63.5. The fraction of sp³-hybridized carbons (Fsp3) is 0.367. The van der Waals surface area contributed by atoms with Crippen LogP contribution in [0.5, 0.6) is 0 Å². The van der Waals surface area contributed by atoms with Crippen LogP contribution in [-0.2, 0) is 63.7 Å². The molecule has 0 aliphatic heterocycles. The summed E-state index contributed by atoms with van der Waals surface area (Å²) in [5, 5.41) is 48.5. The molecule has 4 amide bonds. The molecule has 2 aromatic heterocycles. The second-order valence-corrected chi connectivity index (χ2v) is 87.8. The monoisotopic (exact) mass is 1470 g/mol. The number of nitrogens with one attached hydrogen (secondary N) is 4. The predicted molar refractivity (Wildman–Crippen MR) is 286 cm³/mol. The van der Waals surface area contributed by atoms with Crippen molar-refractivity contribution in [1.29, 1.82) is 0 Å². The minimum atomic E-state index is -2.40. The van der Waals surface area contributed by atoms with Gasteiger partial charge in [-0.1, -0.05) is 61.4 Å². The second-order valence-electron chi connectivity index (χ2n) is 16.5. The number of carbonyl (C=O) groups is 7. The van der Waals surface area contributed by atoms with Crippen LogP contribution < -0.4 is 21.3 Å². The first-order chi connectivity index (χ1) is 35.6. The quantitative estimate of drug-likeness (QED) is 0.0112. The van der Waals surface area contributed by atoms with Crippen molar-refractivity contribution in [3.8, 4) is 0 Å². The molecule has 0 saturated carbocycles. The SMILES string of the molecule is O=C=C(CCCC(NC(=O)NC(C(=O)O)C(=C=O)C(=C=O)C(=O)O)C(=O)O)NC(=O)CCCCCCC(=O)NC(CCCCN(Cc1ccc2ccccc2n1)Cc1ccc2ccccc2n1)C(=O)O.[Br][Re]([Br])([Br])[Br]. The van der Waals surface area contributed by atoms with Gasteiger partial charge in [0.1, 0.15) is 35.6 Å². The molecule has 4 rings (SSSR count). The summed E-state index contributed by atoms with van der Waals surface area (Å²) in [6.45, 7) is 1.75. The molecule has 0 radical (unpaired) electrons. The zero-order valence-corrected chi connectivity index (χ0v) is 48.9. The van der Waals surface area contributed by atoms with Gasteiger partial charge in [0.05, 0.1) is 28.0 Å². The number of rotatable bonds is 30. The van der Waals surface area contributed by atoms with Crippen molar-refractivity contribution >= 4 is 135 Å². The van der Waals surface area contributed by atoms with Crippen molar-refractivity contribution in [1.82, 2.24) is 36.1 Å². The van der Waals surface area contributed by atoms with Gasteiger partial charge in [-0.3, -0.25) is 24.5 Å². The van der Waals surface area contributed by atoms with E-state index >= 15 is 0 Å². The summed E-state index contributed by atoms with van der Waals surface area (Å²) in [7, 11) is -1.86. The van der Waals surface area contributed by atoms with Crippen molar-refractivity contribution in [2.24, 2.45) is 0 Å². The molecule has 21 nitrogen and oxygen atoms in total. The Bertz CT molecular complexity index is 2750. The Balaban J connectivity index is 0.00000282. The molecule has 0 spiro atoms. The average Bonchev–Trinajstić information content (AvgIpc) is 3.35. The van der Waals surface area contributed by atoms with Gasteiger partial charge in [0.2, 0.25) is 11.8 Å². The van der Waals surface area contributed by atoms with Gasteiger partial charge >= 0.3 is 91.1 Å². The van der Waals surface area contributed by atoms with E-state index in [-0.39, 0.29) is 44.2 Å². The van der Waals surface area contributed by atoms with E-state index in [9.17, 15) is 63.3 Å². The van der Waals surface area contributed by atoms with Gasteiger partial charge in [-0.05, 0) is 82.2 Å². The Labute approximate surface area is 459 Å². The van der Waals surface area contributed by atoms with Crippen LogP contribution >= 0.6 is 53.7 Å². The summed E-state index contributed by atoms with van der Waals surface area (Å²) in [5.41, 5.74) is 0.683. The number of para-hydroxylation sites is 2. The Morgan fingerprint density at radius 3 is 1.55 bits per heavy atom. The summed E-state index contributed by atoms with van der Waals surface area (Å²) in [6.07, 6.45) is 2.79. The van der Waals surface area contributed by atoms with Crippen molar-refractivity contribution in [3.63, 3.8) is 0 Å². The number of carboxylic acids is 4. The fourth-order valence-electron chi connectivity index (χ4n) is 7.36. The van der Waals surface area contributed by atoms with Crippen molar-refractivity contribution in [3.05, 3.63) is 101 Å². The molecule has 0 fully saturated rings. The maximum atomic E-state index is 12.7. The number of halogens is 4. The van der Waals surface area contributed by atoms with E-state index in [1.807, 2.05) is 78.1 Å². The number of allylic oxidation sites excluding steroid dienone is 1. The number of aliphatic carboxylic acids is 4. The Morgan fingerprint density at radius 2 is 1.07 bits per heavy atom. The van der Waals surface area contributed by atoms with Crippen LogP contribution in [0.3, 0.4) is 0 Å². The topological polar surface area (TPSA) is 329 Å². The van der Waals surface area contributed by atoms with Gasteiger partial charge in [-0.2, -0.15) is 0 Å². The molecule has 8 N–H and O–H groups in total. The predicted octanol–water partition coefficient (Wildman–Crippen LogP) is 7.05. The molecule has 0 aliphatic rings. The number of benzene rings is 2. The molecule has 0 aliphatic carbocycles. The van der Waals surface area contributed by atoms with Gasteiger partial charge in [0, 0.05) is 36.7 Å². The van der Waals surface area contributed by atoms with Crippen LogP contribution in [0.1, 0.15) is 88.4 Å². The van der Waals surface area contributed by atoms with Crippen molar-refractivity contribution < 1.29 is 75.8 Å². The number of aromatic nitrogens is 2. The van der Waals surface area contributed by atoms with Crippen LogP contribution in [0.15, 0.2) is 89.6 Å². The van der Waals surface area contributed by atoms with Crippen LogP contribution in [-0.4, -0.2) is 120 Å². The summed E-state index contributed by atoms with van der Waals surface area (Å²) in [6, 6.07) is 17.2. The Hall–Kier alpha value is -5.76. The van der Waals surface area contributed by atoms with E-state index in [0.29, 0.717) is 58.2 Å². The average molecular weight is 1470 g/mol. The number of unbranched alkanes of at least 4 members (excludes halogenated alkanes) is 4. The van der Waals surface area contributed by atoms with E-state index in [0.717, 1.165) is 45.1 Å². The first-order valence-corrected chi connectivity index (χ1v) is 46.7. The maximum absolute atomic E-state index is 12.7. The molecular formula is C49H53Br4N7O14Re. The summed E-state index contributed by atoms with van der Waals surface area (Å²) >= 11 is 13.3. The molecule has 3 atom stereocenters. The number of fused-ring (bicyclic) bond motifs is 2. The Kier molecular flexibility index (Phi) is 28.2. The first-order valence-electron chi connectivity index (χ1n) is 22.9. The van der Waals surface area contributed by atoms with Gasteiger partial charge < -0.3 is 41.7 Å². The molecule has 3 unspecified atom stereocenters. The Morgan fingerprint density at radius 1 is 0.560 bits per heavy atom. The number of hydrogen-bond donors (Lipinski definition) is 8. The summed E-state index contributed by atoms with van der Waals surface area (Å²) in [4.78, 5) is 130. The minimum absolute atomic E-state index is 0.00222. The summed E-state index contributed by atoms with van der Waals surface area (Å²) < 4.78 is 0. The molecule has 403 valence electrons. The van der Waals surface area contributed by atoms with Crippen LogP contribution in [0, 0.1) is 0 Å². The molecule has 0 saturated heterocycles. The van der Waals surface area contributed by atoms with E-state index in [1.165, 1.54) is 0 Å². The third kappa shape index (κ3) is 24.6. The number of carboxylic acid groups (broad SMARTS) is 4. The fourth-order valence-corrected chi connectivity index (χ4v) is 7.36. The standard InChI is InChI=1S/C49H53N7O14.4BrH.Re/c57-28-35(14-11-18-41(47(66)67)54-49(70)55-44(48(68)69)36(29-58)37(30-59)45(62)63)52-42(60)19-3-1-2-4-20-43(61)53-40(46(64)65)17-9-10-25-56(26-33-23-21-31-12-5-7-15-38(31)50-33)27-34-24-22-32-13-6-8-16-39(32)51-34;;;;;/h5-8,12-13,15-16,21-24,40-41,44H,1-4,9-11,14,17-20,25-27H2,(H,52,60)(H,53,61)(H,62,63)(H,64,65)(H,66,67)(H,68,69)(H2,54,55,70);4*1H;/q;;;;;+4/p-4.